The largest absolute Gasteiger partial charge is 0.495 e. The van der Waals surface area contributed by atoms with Crippen LogP contribution in [-0.2, 0) is 14.3 Å². The lowest BCUT2D eigenvalue weighted by atomic mass is 10.2. The second-order valence-corrected chi connectivity index (χ2v) is 5.86. The van der Waals surface area contributed by atoms with Gasteiger partial charge in [0, 0.05) is 25.3 Å². The van der Waals surface area contributed by atoms with Crippen LogP contribution in [0.2, 0.25) is 5.02 Å². The Labute approximate surface area is 140 Å². The SMILES string of the molecule is COCCCNC(=O)C1CC1C(=O)Nc1cc(Cl)ccc1OC. The molecular weight excluding hydrogens is 320 g/mol. The second kappa shape index (κ2) is 8.17. The van der Waals surface area contributed by atoms with Gasteiger partial charge in [0.2, 0.25) is 11.8 Å². The topological polar surface area (TPSA) is 76.7 Å². The molecule has 2 amide bonds. The molecule has 2 N–H and O–H groups in total. The van der Waals surface area contributed by atoms with Gasteiger partial charge in [-0.3, -0.25) is 9.59 Å². The van der Waals surface area contributed by atoms with Gasteiger partial charge in [-0.2, -0.15) is 0 Å². The maximum atomic E-state index is 12.2. The fourth-order valence-corrected chi connectivity index (χ4v) is 2.51. The molecule has 6 nitrogen and oxygen atoms in total. The number of carbonyl (C=O) groups is 2. The predicted molar refractivity (Wildman–Crippen MR) is 87.7 cm³/mol. The Morgan fingerprint density at radius 2 is 2.00 bits per heavy atom. The average molecular weight is 341 g/mol. The average Bonchev–Trinajstić information content (AvgIpc) is 3.32. The molecule has 1 aliphatic carbocycles. The van der Waals surface area contributed by atoms with Gasteiger partial charge in [0.15, 0.2) is 0 Å². The van der Waals surface area contributed by atoms with Crippen molar-refractivity contribution in [1.29, 1.82) is 0 Å². The van der Waals surface area contributed by atoms with Crippen molar-refractivity contribution in [3.05, 3.63) is 23.2 Å². The van der Waals surface area contributed by atoms with E-state index in [2.05, 4.69) is 10.6 Å². The van der Waals surface area contributed by atoms with Gasteiger partial charge in [-0.15, -0.1) is 0 Å². The summed E-state index contributed by atoms with van der Waals surface area (Å²) in [5, 5.41) is 6.10. The monoisotopic (exact) mass is 340 g/mol. The number of halogens is 1. The van der Waals surface area contributed by atoms with Crippen molar-refractivity contribution in [2.24, 2.45) is 11.8 Å². The molecule has 126 valence electrons. The van der Waals surface area contributed by atoms with E-state index in [0.29, 0.717) is 36.0 Å². The summed E-state index contributed by atoms with van der Waals surface area (Å²) in [6.45, 7) is 1.16. The van der Waals surface area contributed by atoms with E-state index in [9.17, 15) is 9.59 Å². The lowest BCUT2D eigenvalue weighted by molar-refractivity contribution is -0.125. The Morgan fingerprint density at radius 3 is 2.70 bits per heavy atom. The maximum absolute atomic E-state index is 12.2. The Kier molecular flexibility index (Phi) is 6.24. The minimum atomic E-state index is -0.305. The predicted octanol–water partition coefficient (Wildman–Crippen LogP) is 2.08. The van der Waals surface area contributed by atoms with Crippen molar-refractivity contribution in [2.45, 2.75) is 12.8 Å². The van der Waals surface area contributed by atoms with Crippen molar-refractivity contribution >= 4 is 29.1 Å². The molecule has 7 heteroatoms. The molecule has 0 aromatic heterocycles. The third kappa shape index (κ3) is 4.84. The Morgan fingerprint density at radius 1 is 1.26 bits per heavy atom. The smallest absolute Gasteiger partial charge is 0.228 e. The van der Waals surface area contributed by atoms with Crippen molar-refractivity contribution in [2.75, 3.05) is 32.7 Å². The van der Waals surface area contributed by atoms with E-state index in [1.165, 1.54) is 7.11 Å². The minimum absolute atomic E-state index is 0.0840. The summed E-state index contributed by atoms with van der Waals surface area (Å²) < 4.78 is 10.1. The number of ether oxygens (including phenoxy) is 2. The van der Waals surface area contributed by atoms with Crippen LogP contribution >= 0.6 is 11.6 Å². The number of methoxy groups -OCH3 is 2. The number of hydrogen-bond donors (Lipinski definition) is 2. The van der Waals surface area contributed by atoms with E-state index < -0.39 is 0 Å². The van der Waals surface area contributed by atoms with Gasteiger partial charge in [-0.05, 0) is 31.0 Å². The van der Waals surface area contributed by atoms with Crippen LogP contribution in [0, 0.1) is 11.8 Å². The number of nitrogens with one attached hydrogen (secondary N) is 2. The Hall–Kier alpha value is -1.79. The van der Waals surface area contributed by atoms with E-state index in [4.69, 9.17) is 21.1 Å². The second-order valence-electron chi connectivity index (χ2n) is 5.42. The maximum Gasteiger partial charge on any atom is 0.228 e. The summed E-state index contributed by atoms with van der Waals surface area (Å²) >= 11 is 5.93. The fourth-order valence-electron chi connectivity index (χ4n) is 2.34. The number of hydrogen-bond acceptors (Lipinski definition) is 4. The lowest BCUT2D eigenvalue weighted by Gasteiger charge is -2.10. The first kappa shape index (κ1) is 17.6. The van der Waals surface area contributed by atoms with Gasteiger partial charge in [-0.1, -0.05) is 11.6 Å². The van der Waals surface area contributed by atoms with E-state index in [1.807, 2.05) is 0 Å². The summed E-state index contributed by atoms with van der Waals surface area (Å²) in [6, 6.07) is 4.99. The molecular formula is C16H21ClN2O4. The molecule has 23 heavy (non-hydrogen) atoms. The molecule has 1 aromatic rings. The first-order chi connectivity index (χ1) is 11.1. The molecule has 1 saturated carbocycles. The molecule has 0 heterocycles. The Bertz CT molecular complexity index is 579. The van der Waals surface area contributed by atoms with Crippen molar-refractivity contribution in [3.8, 4) is 5.75 Å². The van der Waals surface area contributed by atoms with Crippen LogP contribution in [0.4, 0.5) is 5.69 Å². The standard InChI is InChI=1S/C16H21ClN2O4/c1-22-7-3-6-18-15(20)11-9-12(11)16(21)19-13-8-10(17)4-5-14(13)23-2/h4-5,8,11-12H,3,6-7,9H2,1-2H3,(H,18,20)(H,19,21). The van der Waals surface area contributed by atoms with Crippen LogP contribution in [0.5, 0.6) is 5.75 Å². The zero-order chi connectivity index (χ0) is 16.8. The quantitative estimate of drug-likeness (QED) is 0.710. The van der Waals surface area contributed by atoms with Gasteiger partial charge in [-0.25, -0.2) is 0 Å². The molecule has 0 saturated heterocycles. The van der Waals surface area contributed by atoms with Crippen molar-refractivity contribution in [1.82, 2.24) is 5.32 Å². The zero-order valence-corrected chi connectivity index (χ0v) is 14.0. The fraction of sp³-hybridized carbons (Fsp3) is 0.500. The van der Waals surface area contributed by atoms with Crippen LogP contribution in [0.3, 0.4) is 0 Å². The number of anilines is 1. The summed E-state index contributed by atoms with van der Waals surface area (Å²) in [7, 11) is 3.14. The number of benzene rings is 1. The number of rotatable bonds is 8. The number of carbonyl (C=O) groups excluding carboxylic acids is 2. The van der Waals surface area contributed by atoms with Crippen LogP contribution in [0.25, 0.3) is 0 Å². The van der Waals surface area contributed by atoms with E-state index in [0.717, 1.165) is 6.42 Å². The van der Waals surface area contributed by atoms with Crippen LogP contribution in [0.15, 0.2) is 18.2 Å². The first-order valence-corrected chi connectivity index (χ1v) is 7.85. The number of amides is 2. The Balaban J connectivity index is 1.84. The van der Waals surface area contributed by atoms with Gasteiger partial charge in [0.05, 0.1) is 24.6 Å². The van der Waals surface area contributed by atoms with Crippen molar-refractivity contribution < 1.29 is 19.1 Å². The van der Waals surface area contributed by atoms with Gasteiger partial charge in [0.25, 0.3) is 0 Å². The van der Waals surface area contributed by atoms with Crippen LogP contribution in [0.1, 0.15) is 12.8 Å². The third-order valence-electron chi connectivity index (χ3n) is 3.71. The molecule has 2 rings (SSSR count). The highest BCUT2D eigenvalue weighted by Gasteiger charge is 2.48. The van der Waals surface area contributed by atoms with Gasteiger partial charge >= 0.3 is 0 Å². The van der Waals surface area contributed by atoms with Gasteiger partial charge in [0.1, 0.15) is 5.75 Å². The summed E-state index contributed by atoms with van der Waals surface area (Å²) in [5.41, 5.74) is 0.510. The lowest BCUT2D eigenvalue weighted by Crippen LogP contribution is -2.28. The van der Waals surface area contributed by atoms with E-state index in [1.54, 1.807) is 25.3 Å². The highest BCUT2D eigenvalue weighted by Crippen LogP contribution is 2.40. The normalized spacial score (nSPS) is 19.1. The first-order valence-electron chi connectivity index (χ1n) is 7.48. The van der Waals surface area contributed by atoms with E-state index in [-0.39, 0.29) is 23.7 Å². The molecule has 0 radical (unpaired) electrons. The highest BCUT2D eigenvalue weighted by atomic mass is 35.5. The zero-order valence-electron chi connectivity index (χ0n) is 13.2. The van der Waals surface area contributed by atoms with Crippen molar-refractivity contribution in [3.63, 3.8) is 0 Å². The minimum Gasteiger partial charge on any atom is -0.495 e. The summed E-state index contributed by atoms with van der Waals surface area (Å²) in [6.07, 6.45) is 1.32. The van der Waals surface area contributed by atoms with Gasteiger partial charge < -0.3 is 20.1 Å². The third-order valence-corrected chi connectivity index (χ3v) is 3.94. The van der Waals surface area contributed by atoms with E-state index >= 15 is 0 Å². The molecule has 1 aliphatic rings. The van der Waals surface area contributed by atoms with Crippen LogP contribution in [-0.4, -0.2) is 39.2 Å². The molecule has 0 bridgehead atoms. The molecule has 0 spiro atoms. The summed E-state index contributed by atoms with van der Waals surface area (Å²) in [5.74, 6) is -0.310. The molecule has 1 aromatic carbocycles. The molecule has 2 unspecified atom stereocenters. The molecule has 2 atom stereocenters. The molecule has 1 fully saturated rings. The molecule has 0 aliphatic heterocycles. The van der Waals surface area contributed by atoms with Crippen LogP contribution < -0.4 is 15.4 Å². The highest BCUT2D eigenvalue weighted by molar-refractivity contribution is 6.31. The summed E-state index contributed by atoms with van der Waals surface area (Å²) in [4.78, 5) is 24.2.